The van der Waals surface area contributed by atoms with E-state index < -0.39 is 59.8 Å². The van der Waals surface area contributed by atoms with Gasteiger partial charge in [0.1, 0.15) is 36.5 Å². The Morgan fingerprint density at radius 1 is 1.05 bits per heavy atom. The van der Waals surface area contributed by atoms with Crippen LogP contribution in [-0.2, 0) is 35.1 Å². The summed E-state index contributed by atoms with van der Waals surface area (Å²) in [6.07, 6.45) is 0.900. The number of nitrogens with one attached hydrogen (secondary N) is 6. The summed E-state index contributed by atoms with van der Waals surface area (Å²) in [5.74, 6) is -2.83. The van der Waals surface area contributed by atoms with Gasteiger partial charge in [-0.05, 0) is 37.0 Å². The average molecular weight is 618 g/mol. The molecular formula is C30H47N7O7. The van der Waals surface area contributed by atoms with Crippen molar-refractivity contribution in [2.24, 2.45) is 11.7 Å². The van der Waals surface area contributed by atoms with Crippen molar-refractivity contribution in [3.8, 4) is 5.75 Å². The van der Waals surface area contributed by atoms with Crippen LogP contribution in [0.3, 0.4) is 0 Å². The van der Waals surface area contributed by atoms with E-state index in [1.54, 1.807) is 38.1 Å². The number of esters is 1. The zero-order chi connectivity index (χ0) is 32.8. The van der Waals surface area contributed by atoms with Crippen LogP contribution in [0.2, 0.25) is 0 Å². The lowest BCUT2D eigenvalue weighted by Crippen LogP contribution is -2.59. The summed E-state index contributed by atoms with van der Waals surface area (Å²) in [5.41, 5.74) is 6.74. The zero-order valence-electron chi connectivity index (χ0n) is 26.2. The van der Waals surface area contributed by atoms with Gasteiger partial charge in [-0.2, -0.15) is 0 Å². The third kappa shape index (κ3) is 11.2. The molecule has 2 aliphatic heterocycles. The Kier molecular flexibility index (Phi) is 14.7. The summed E-state index contributed by atoms with van der Waals surface area (Å²) in [7, 11) is 1.23. The van der Waals surface area contributed by atoms with Crippen molar-refractivity contribution < 1.29 is 33.4 Å². The second kappa shape index (κ2) is 17.9. The highest BCUT2D eigenvalue weighted by molar-refractivity contribution is 5.98. The van der Waals surface area contributed by atoms with Gasteiger partial charge in [0.15, 0.2) is 0 Å². The molecule has 0 saturated heterocycles. The van der Waals surface area contributed by atoms with Crippen molar-refractivity contribution in [2.45, 2.75) is 83.6 Å². The normalized spacial score (nSPS) is 24.2. The molecule has 14 heteroatoms. The number of nitrogens with two attached hydrogens (primary N) is 1. The standard InChI is InChI=1S/C30H47N7O7/c1-6-17(3)25-29(41)36-24(30(42)43-5)14-19-8-10-21(11-9-19)44-13-12-33-16-20(31)15-23(35-27(39)22(32)7-2)28(40)34-18(4)26(38)37-25/h8-11,17-18,22-25,31,33H,6-7,12-16,32H2,1-5H3,(H,34,40)(H,35,39)(H,36,41)(H,37,38). The van der Waals surface area contributed by atoms with Crippen molar-refractivity contribution >= 4 is 35.3 Å². The third-order valence-corrected chi connectivity index (χ3v) is 7.46. The SMILES string of the molecule is CCC(N)C(=O)NC1CC(=N)CNCCOc2ccc(cc2)CC(C(=O)OC)NC(=O)C(C(C)CC)NC(=O)C(C)NC1=O. The van der Waals surface area contributed by atoms with E-state index in [1.807, 2.05) is 6.92 Å². The molecule has 6 atom stereocenters. The highest BCUT2D eigenvalue weighted by Gasteiger charge is 2.33. The minimum atomic E-state index is -1.16. The molecular weight excluding hydrogens is 570 g/mol. The van der Waals surface area contributed by atoms with Crippen LogP contribution >= 0.6 is 0 Å². The zero-order valence-corrected chi connectivity index (χ0v) is 26.2. The molecule has 8 N–H and O–H groups in total. The second-order valence-corrected chi connectivity index (χ2v) is 10.9. The van der Waals surface area contributed by atoms with E-state index in [0.29, 0.717) is 31.7 Å². The Labute approximate surface area is 258 Å². The van der Waals surface area contributed by atoms with Crippen LogP contribution in [-0.4, -0.2) is 92.3 Å². The van der Waals surface area contributed by atoms with E-state index in [1.165, 1.54) is 14.0 Å². The predicted octanol–water partition coefficient (Wildman–Crippen LogP) is -0.464. The number of carbonyl (C=O) groups is 5. The molecule has 2 aliphatic rings. The largest absolute Gasteiger partial charge is 0.492 e. The lowest BCUT2D eigenvalue weighted by Gasteiger charge is -2.28. The molecule has 6 unspecified atom stereocenters. The van der Waals surface area contributed by atoms with Crippen molar-refractivity contribution in [3.05, 3.63) is 29.8 Å². The van der Waals surface area contributed by atoms with Crippen molar-refractivity contribution in [1.82, 2.24) is 26.6 Å². The van der Waals surface area contributed by atoms with E-state index in [-0.39, 0.29) is 31.0 Å². The lowest BCUT2D eigenvalue weighted by molar-refractivity contribution is -0.145. The van der Waals surface area contributed by atoms with E-state index in [4.69, 9.17) is 20.6 Å². The molecule has 44 heavy (non-hydrogen) atoms. The number of hydrogen-bond acceptors (Lipinski definition) is 10. The molecule has 3 rings (SSSR count). The van der Waals surface area contributed by atoms with E-state index in [2.05, 4.69) is 26.6 Å². The molecule has 0 fully saturated rings. The molecule has 1 aromatic rings. The molecule has 0 radical (unpaired) electrons. The van der Waals surface area contributed by atoms with Gasteiger partial charge in [-0.3, -0.25) is 19.2 Å². The highest BCUT2D eigenvalue weighted by Crippen LogP contribution is 2.15. The summed E-state index contributed by atoms with van der Waals surface area (Å²) < 4.78 is 10.7. The minimum absolute atomic E-state index is 0.121. The monoisotopic (exact) mass is 617 g/mol. The van der Waals surface area contributed by atoms with Gasteiger partial charge in [0.25, 0.3) is 0 Å². The first-order chi connectivity index (χ1) is 20.9. The number of amides is 4. The summed E-state index contributed by atoms with van der Waals surface area (Å²) in [4.78, 5) is 65.0. The molecule has 0 saturated carbocycles. The minimum Gasteiger partial charge on any atom is -0.492 e. The van der Waals surface area contributed by atoms with Crippen LogP contribution < -0.4 is 37.1 Å². The van der Waals surface area contributed by atoms with Crippen molar-refractivity contribution in [3.63, 3.8) is 0 Å². The fourth-order valence-corrected chi connectivity index (χ4v) is 4.39. The molecule has 2 heterocycles. The lowest BCUT2D eigenvalue weighted by atomic mass is 9.97. The maximum Gasteiger partial charge on any atom is 0.328 e. The number of methoxy groups -OCH3 is 1. The quantitative estimate of drug-likeness (QED) is 0.162. The Morgan fingerprint density at radius 3 is 2.34 bits per heavy atom. The summed E-state index contributed by atoms with van der Waals surface area (Å²) in [5, 5.41) is 22.0. The van der Waals surface area contributed by atoms with Crippen molar-refractivity contribution in [1.29, 1.82) is 5.41 Å². The molecule has 0 spiro atoms. The van der Waals surface area contributed by atoms with Crippen LogP contribution in [0.1, 0.15) is 52.5 Å². The van der Waals surface area contributed by atoms with Gasteiger partial charge in [0.2, 0.25) is 23.6 Å². The topological polar surface area (TPSA) is 214 Å². The van der Waals surface area contributed by atoms with E-state index in [0.717, 1.165) is 5.56 Å². The highest BCUT2D eigenvalue weighted by atomic mass is 16.5. The fraction of sp³-hybridized carbons (Fsp3) is 0.600. The van der Waals surface area contributed by atoms with Crippen LogP contribution in [0.25, 0.3) is 0 Å². The number of hydrogen-bond donors (Lipinski definition) is 7. The maximum absolute atomic E-state index is 13.4. The van der Waals surface area contributed by atoms with Gasteiger partial charge < -0.3 is 47.2 Å². The molecule has 244 valence electrons. The Balaban J connectivity index is 2.37. The molecule has 0 aromatic heterocycles. The van der Waals surface area contributed by atoms with Crippen LogP contribution in [0.5, 0.6) is 5.75 Å². The third-order valence-electron chi connectivity index (χ3n) is 7.46. The number of rotatable bonds is 6. The van der Waals surface area contributed by atoms with Crippen LogP contribution in [0, 0.1) is 11.3 Å². The summed E-state index contributed by atoms with van der Waals surface area (Å²) >= 11 is 0. The predicted molar refractivity (Wildman–Crippen MR) is 164 cm³/mol. The molecule has 2 bridgehead atoms. The summed E-state index contributed by atoms with van der Waals surface area (Å²) in [6.45, 7) is 7.65. The second-order valence-electron chi connectivity index (χ2n) is 10.9. The molecule has 0 aliphatic carbocycles. The van der Waals surface area contributed by atoms with Gasteiger partial charge in [0, 0.05) is 31.6 Å². The number of benzene rings is 1. The molecule has 14 nitrogen and oxygen atoms in total. The fourth-order valence-electron chi connectivity index (χ4n) is 4.39. The Bertz CT molecular complexity index is 1160. The molecule has 1 aromatic carbocycles. The van der Waals surface area contributed by atoms with Gasteiger partial charge >= 0.3 is 5.97 Å². The van der Waals surface area contributed by atoms with Crippen molar-refractivity contribution in [2.75, 3.05) is 26.8 Å². The van der Waals surface area contributed by atoms with E-state index >= 15 is 0 Å². The first-order valence-electron chi connectivity index (χ1n) is 14.9. The molecule has 4 amide bonds. The van der Waals surface area contributed by atoms with Gasteiger partial charge in [-0.25, -0.2) is 4.79 Å². The average Bonchev–Trinajstić information content (AvgIpc) is 3.01. The van der Waals surface area contributed by atoms with Gasteiger partial charge in [-0.15, -0.1) is 0 Å². The smallest absolute Gasteiger partial charge is 0.328 e. The van der Waals surface area contributed by atoms with E-state index in [9.17, 15) is 24.0 Å². The van der Waals surface area contributed by atoms with Crippen LogP contribution in [0.15, 0.2) is 24.3 Å². The first-order valence-corrected chi connectivity index (χ1v) is 14.9. The van der Waals surface area contributed by atoms with Gasteiger partial charge in [-0.1, -0.05) is 39.3 Å². The number of carbonyl (C=O) groups excluding carboxylic acids is 5. The Hall–Kier alpha value is -4.04. The number of fused-ring (bicyclic) bond motifs is 19. The summed E-state index contributed by atoms with van der Waals surface area (Å²) in [6, 6.07) is 1.91. The van der Waals surface area contributed by atoms with Gasteiger partial charge in [0.05, 0.1) is 13.2 Å². The number of ether oxygens (including phenoxy) is 2. The first kappa shape index (κ1) is 36.2. The van der Waals surface area contributed by atoms with Crippen LogP contribution in [0.4, 0.5) is 0 Å². The maximum atomic E-state index is 13.4. The Morgan fingerprint density at radius 2 is 1.73 bits per heavy atom.